The minimum Gasteiger partial charge on any atom is -0.318 e. The Hall–Kier alpha value is -1.67. The average Bonchev–Trinajstić information content (AvgIpc) is 2.74. The molecule has 1 unspecified atom stereocenters. The molecule has 0 fully saturated rings. The molecular weight excluding hydrogens is 382 g/mol. The lowest BCUT2D eigenvalue weighted by Crippen LogP contribution is -2.24. The molecule has 0 amide bonds. The molecule has 2 atom stereocenters. The fraction of sp³-hybridized carbons (Fsp3) is 0.500. The van der Waals surface area contributed by atoms with Crippen LogP contribution in [0.15, 0.2) is 76.5 Å². The number of benzene rings is 1. The summed E-state index contributed by atoms with van der Waals surface area (Å²) in [5.41, 5.74) is 5.03. The molecule has 164 valence electrons. The van der Waals surface area contributed by atoms with Crippen LogP contribution in [0.2, 0.25) is 0 Å². The first kappa shape index (κ1) is 24.6. The average molecular weight is 424 g/mol. The molecule has 1 aromatic rings. The molecule has 1 aliphatic rings. The van der Waals surface area contributed by atoms with E-state index in [2.05, 4.69) is 89.1 Å². The van der Waals surface area contributed by atoms with Gasteiger partial charge in [0.2, 0.25) is 0 Å². The Morgan fingerprint density at radius 2 is 1.80 bits per heavy atom. The maximum Gasteiger partial charge on any atom is 0.0552 e. The van der Waals surface area contributed by atoms with Crippen molar-refractivity contribution in [3.8, 4) is 0 Å². The SMILES string of the molecule is C=C(CC)N(C(=C)CC(CC)CCC)C1=C([C@H](C)CC)Sc2ccccc2C/C=C\1. The van der Waals surface area contributed by atoms with Crippen molar-refractivity contribution >= 4 is 11.8 Å². The number of thioether (sulfide) groups is 1. The van der Waals surface area contributed by atoms with E-state index in [1.54, 1.807) is 0 Å². The Labute approximate surface area is 190 Å². The molecule has 0 aromatic heterocycles. The van der Waals surface area contributed by atoms with Gasteiger partial charge in [0.1, 0.15) is 0 Å². The van der Waals surface area contributed by atoms with Crippen LogP contribution in [-0.4, -0.2) is 4.90 Å². The van der Waals surface area contributed by atoms with E-state index in [-0.39, 0.29) is 0 Å². The van der Waals surface area contributed by atoms with Crippen LogP contribution in [0.4, 0.5) is 0 Å². The monoisotopic (exact) mass is 423 g/mol. The third kappa shape index (κ3) is 6.17. The molecule has 0 saturated heterocycles. The highest BCUT2D eigenvalue weighted by Gasteiger charge is 2.24. The summed E-state index contributed by atoms with van der Waals surface area (Å²) in [6, 6.07) is 8.82. The summed E-state index contributed by atoms with van der Waals surface area (Å²) in [7, 11) is 0. The van der Waals surface area contributed by atoms with Gasteiger partial charge in [-0.25, -0.2) is 0 Å². The lowest BCUT2D eigenvalue weighted by Gasteiger charge is -2.34. The molecule has 0 aliphatic carbocycles. The van der Waals surface area contributed by atoms with Crippen LogP contribution in [0.3, 0.4) is 0 Å². The summed E-state index contributed by atoms with van der Waals surface area (Å²) in [6.07, 6.45) is 12.4. The first-order valence-corrected chi connectivity index (χ1v) is 12.6. The van der Waals surface area contributed by atoms with Crippen molar-refractivity contribution in [2.24, 2.45) is 11.8 Å². The van der Waals surface area contributed by atoms with Crippen molar-refractivity contribution in [2.75, 3.05) is 0 Å². The van der Waals surface area contributed by atoms with Crippen LogP contribution in [0.1, 0.15) is 78.7 Å². The van der Waals surface area contributed by atoms with E-state index in [0.717, 1.165) is 31.4 Å². The lowest BCUT2D eigenvalue weighted by molar-refractivity contribution is 0.402. The molecule has 1 aromatic carbocycles. The van der Waals surface area contributed by atoms with E-state index in [1.807, 2.05) is 11.8 Å². The van der Waals surface area contributed by atoms with Gasteiger partial charge in [-0.2, -0.15) is 0 Å². The second-order valence-corrected chi connectivity index (χ2v) is 9.55. The number of rotatable bonds is 11. The van der Waals surface area contributed by atoms with E-state index in [0.29, 0.717) is 11.8 Å². The predicted octanol–water partition coefficient (Wildman–Crippen LogP) is 9.10. The number of allylic oxidation sites excluding steroid dienone is 5. The van der Waals surface area contributed by atoms with Gasteiger partial charge in [0.15, 0.2) is 0 Å². The smallest absolute Gasteiger partial charge is 0.0552 e. The Kier molecular flexibility index (Phi) is 10.0. The lowest BCUT2D eigenvalue weighted by atomic mass is 9.94. The third-order valence-corrected chi connectivity index (χ3v) is 7.65. The van der Waals surface area contributed by atoms with Crippen LogP contribution in [0.5, 0.6) is 0 Å². The van der Waals surface area contributed by atoms with E-state index in [9.17, 15) is 0 Å². The molecular formula is C28H41NS. The van der Waals surface area contributed by atoms with Crippen LogP contribution in [-0.2, 0) is 6.42 Å². The number of nitrogens with zero attached hydrogens (tertiary/aromatic N) is 1. The zero-order valence-electron chi connectivity index (χ0n) is 19.8. The van der Waals surface area contributed by atoms with Gasteiger partial charge in [0.05, 0.1) is 5.70 Å². The quantitative estimate of drug-likeness (QED) is 0.349. The van der Waals surface area contributed by atoms with E-state index >= 15 is 0 Å². The zero-order valence-corrected chi connectivity index (χ0v) is 20.7. The number of hydrogen-bond acceptors (Lipinski definition) is 2. The van der Waals surface area contributed by atoms with E-state index in [1.165, 1.54) is 46.0 Å². The van der Waals surface area contributed by atoms with Crippen molar-refractivity contribution < 1.29 is 0 Å². The van der Waals surface area contributed by atoms with Gasteiger partial charge in [0.25, 0.3) is 0 Å². The highest BCUT2D eigenvalue weighted by atomic mass is 32.2. The molecule has 2 heteroatoms. The summed E-state index contributed by atoms with van der Waals surface area (Å²) < 4.78 is 0. The third-order valence-electron chi connectivity index (χ3n) is 6.20. The summed E-state index contributed by atoms with van der Waals surface area (Å²) in [6.45, 7) is 20.4. The Balaban J connectivity index is 2.54. The summed E-state index contributed by atoms with van der Waals surface area (Å²) in [4.78, 5) is 5.19. The molecule has 30 heavy (non-hydrogen) atoms. The molecule has 1 heterocycles. The predicted molar refractivity (Wildman–Crippen MR) is 135 cm³/mol. The molecule has 0 N–H and O–H groups in total. The fourth-order valence-corrected chi connectivity index (χ4v) is 5.35. The Morgan fingerprint density at radius 3 is 2.43 bits per heavy atom. The summed E-state index contributed by atoms with van der Waals surface area (Å²) in [5, 5.41) is 0. The fourth-order valence-electron chi connectivity index (χ4n) is 4.05. The molecule has 1 aliphatic heterocycles. The van der Waals surface area contributed by atoms with E-state index < -0.39 is 0 Å². The van der Waals surface area contributed by atoms with Crippen LogP contribution in [0.25, 0.3) is 0 Å². The second kappa shape index (κ2) is 12.2. The second-order valence-electron chi connectivity index (χ2n) is 8.46. The number of hydrogen-bond donors (Lipinski definition) is 0. The number of fused-ring (bicyclic) bond motifs is 1. The van der Waals surface area contributed by atoms with Crippen molar-refractivity contribution in [1.82, 2.24) is 4.90 Å². The van der Waals surface area contributed by atoms with Gasteiger partial charge < -0.3 is 4.90 Å². The topological polar surface area (TPSA) is 3.24 Å². The Bertz CT molecular complexity index is 786. The van der Waals surface area contributed by atoms with Crippen LogP contribution >= 0.6 is 11.8 Å². The first-order chi connectivity index (χ1) is 14.5. The molecule has 0 spiro atoms. The normalized spacial score (nSPS) is 16.8. The van der Waals surface area contributed by atoms with Gasteiger partial charge in [-0.15, -0.1) is 0 Å². The van der Waals surface area contributed by atoms with Crippen molar-refractivity contribution in [3.63, 3.8) is 0 Å². The van der Waals surface area contributed by atoms with Gasteiger partial charge >= 0.3 is 0 Å². The molecule has 0 bridgehead atoms. The maximum atomic E-state index is 4.58. The molecule has 0 radical (unpaired) electrons. The molecule has 2 rings (SSSR count). The van der Waals surface area contributed by atoms with Crippen LogP contribution in [0, 0.1) is 11.8 Å². The minimum absolute atomic E-state index is 0.485. The van der Waals surface area contributed by atoms with Crippen molar-refractivity contribution in [3.05, 3.63) is 77.1 Å². The minimum atomic E-state index is 0.485. The highest BCUT2D eigenvalue weighted by molar-refractivity contribution is 8.03. The van der Waals surface area contributed by atoms with Gasteiger partial charge in [-0.05, 0) is 55.2 Å². The first-order valence-electron chi connectivity index (χ1n) is 11.8. The van der Waals surface area contributed by atoms with Crippen molar-refractivity contribution in [2.45, 2.75) is 84.5 Å². The van der Waals surface area contributed by atoms with Gasteiger partial charge in [0, 0.05) is 21.2 Å². The summed E-state index contributed by atoms with van der Waals surface area (Å²) >= 11 is 1.94. The van der Waals surface area contributed by atoms with Gasteiger partial charge in [-0.3, -0.25) is 0 Å². The maximum absolute atomic E-state index is 4.58. The summed E-state index contributed by atoms with van der Waals surface area (Å²) in [5.74, 6) is 1.17. The largest absolute Gasteiger partial charge is 0.318 e. The highest BCUT2D eigenvalue weighted by Crippen LogP contribution is 2.42. The van der Waals surface area contributed by atoms with E-state index in [4.69, 9.17) is 0 Å². The Morgan fingerprint density at radius 1 is 1.07 bits per heavy atom. The van der Waals surface area contributed by atoms with Crippen LogP contribution < -0.4 is 0 Å². The molecule has 1 nitrogen and oxygen atoms in total. The zero-order chi connectivity index (χ0) is 22.1. The van der Waals surface area contributed by atoms with Gasteiger partial charge in [-0.1, -0.05) is 103 Å². The molecule has 0 saturated carbocycles. The standard InChI is InChI=1S/C28H41NS/c1-8-15-24(11-4)20-23(7)29(22(6)10-3)26-18-14-17-25-16-12-13-19-27(25)30-28(26)21(5)9-2/h12-14,16,18-19,21,24H,6-11,15,17,20H2,1-5H3/b18-14-,28-26?/t21-,24?/m1/s1. The van der Waals surface area contributed by atoms with Crippen molar-refractivity contribution in [1.29, 1.82) is 0 Å².